The second kappa shape index (κ2) is 8.72. The molecule has 1 N–H and O–H groups in total. The highest BCUT2D eigenvalue weighted by Gasteiger charge is 2.31. The molecule has 0 bridgehead atoms. The summed E-state index contributed by atoms with van der Waals surface area (Å²) in [6, 6.07) is 5.74. The van der Waals surface area contributed by atoms with Crippen LogP contribution in [0, 0.1) is 0 Å². The first-order chi connectivity index (χ1) is 11.8. The van der Waals surface area contributed by atoms with Crippen molar-refractivity contribution in [1.82, 2.24) is 5.32 Å². The van der Waals surface area contributed by atoms with Gasteiger partial charge in [-0.25, -0.2) is 8.42 Å². The van der Waals surface area contributed by atoms with E-state index in [1.54, 1.807) is 31.2 Å². The molecule has 0 saturated heterocycles. The molecule has 0 aliphatic heterocycles. The van der Waals surface area contributed by atoms with Crippen LogP contribution in [0.5, 0.6) is 0 Å². The van der Waals surface area contributed by atoms with Crippen LogP contribution in [0.2, 0.25) is 5.02 Å². The van der Waals surface area contributed by atoms with Gasteiger partial charge in [-0.05, 0) is 50.3 Å². The number of sulfonamides is 1. The Labute approximate surface area is 155 Å². The van der Waals surface area contributed by atoms with Crippen molar-refractivity contribution >= 4 is 33.2 Å². The first kappa shape index (κ1) is 19.8. The lowest BCUT2D eigenvalue weighted by Gasteiger charge is -2.30. The predicted molar refractivity (Wildman–Crippen MR) is 102 cm³/mol. The van der Waals surface area contributed by atoms with E-state index in [0.29, 0.717) is 23.7 Å². The molecule has 1 aromatic carbocycles. The Kier molecular flexibility index (Phi) is 6.90. The second-order valence-corrected chi connectivity index (χ2v) is 8.58. The summed E-state index contributed by atoms with van der Waals surface area (Å²) in [5.41, 5.74) is 1.61. The van der Waals surface area contributed by atoms with Crippen LogP contribution in [0.1, 0.15) is 39.0 Å². The van der Waals surface area contributed by atoms with Gasteiger partial charge in [-0.3, -0.25) is 9.10 Å². The lowest BCUT2D eigenvalue weighted by Crippen LogP contribution is -2.49. The van der Waals surface area contributed by atoms with Crippen molar-refractivity contribution in [2.75, 3.05) is 17.1 Å². The number of nitrogens with one attached hydrogen (secondary N) is 1. The predicted octanol–water partition coefficient (Wildman–Crippen LogP) is 3.50. The van der Waals surface area contributed by atoms with Gasteiger partial charge in [-0.15, -0.1) is 0 Å². The summed E-state index contributed by atoms with van der Waals surface area (Å²) in [5.74, 6) is -0.292. The van der Waals surface area contributed by atoms with E-state index in [1.165, 1.54) is 12.0 Å². The molecule has 1 aliphatic carbocycles. The summed E-state index contributed by atoms with van der Waals surface area (Å²) in [5, 5.41) is 3.32. The minimum atomic E-state index is -3.63. The maximum absolute atomic E-state index is 12.7. The Morgan fingerprint density at radius 1 is 1.36 bits per heavy atom. The van der Waals surface area contributed by atoms with E-state index in [4.69, 9.17) is 11.6 Å². The summed E-state index contributed by atoms with van der Waals surface area (Å²) in [7, 11) is -3.63. The molecule has 0 unspecified atom stereocenters. The molecule has 0 fully saturated rings. The summed E-state index contributed by atoms with van der Waals surface area (Å²) in [6.07, 6.45) is 7.98. The summed E-state index contributed by atoms with van der Waals surface area (Å²) >= 11 is 6.00. The minimum Gasteiger partial charge on any atom is -0.351 e. The molecule has 1 amide bonds. The Morgan fingerprint density at radius 3 is 2.68 bits per heavy atom. The Morgan fingerprint density at radius 2 is 2.12 bits per heavy atom. The molecular formula is C18H25ClN2O3S. The van der Waals surface area contributed by atoms with Gasteiger partial charge in [0.2, 0.25) is 15.9 Å². The maximum Gasteiger partial charge on any atom is 0.244 e. The van der Waals surface area contributed by atoms with E-state index in [-0.39, 0.29) is 5.91 Å². The van der Waals surface area contributed by atoms with Crippen molar-refractivity contribution < 1.29 is 13.2 Å². The number of halogens is 1. The van der Waals surface area contributed by atoms with E-state index in [1.807, 2.05) is 0 Å². The van der Waals surface area contributed by atoms with Gasteiger partial charge in [0.1, 0.15) is 6.04 Å². The average molecular weight is 385 g/mol. The van der Waals surface area contributed by atoms with Crippen molar-refractivity contribution in [3.63, 3.8) is 0 Å². The van der Waals surface area contributed by atoms with Crippen LogP contribution >= 0.6 is 11.6 Å². The molecule has 1 aromatic rings. The molecule has 0 spiro atoms. The monoisotopic (exact) mass is 384 g/mol. The van der Waals surface area contributed by atoms with Crippen LogP contribution < -0.4 is 9.62 Å². The van der Waals surface area contributed by atoms with Gasteiger partial charge < -0.3 is 5.32 Å². The van der Waals surface area contributed by atoms with Gasteiger partial charge >= 0.3 is 0 Å². The molecule has 1 aliphatic rings. The smallest absolute Gasteiger partial charge is 0.244 e. The second-order valence-electron chi connectivity index (χ2n) is 6.29. The lowest BCUT2D eigenvalue weighted by molar-refractivity contribution is -0.122. The molecule has 0 radical (unpaired) electrons. The van der Waals surface area contributed by atoms with Gasteiger partial charge in [0.15, 0.2) is 0 Å². The van der Waals surface area contributed by atoms with Crippen LogP contribution in [0.4, 0.5) is 5.69 Å². The molecular weight excluding hydrogens is 360 g/mol. The van der Waals surface area contributed by atoms with Gasteiger partial charge in [-0.1, -0.05) is 36.2 Å². The molecule has 0 saturated carbocycles. The summed E-state index contributed by atoms with van der Waals surface area (Å²) in [6.45, 7) is 2.27. The number of benzene rings is 1. The highest BCUT2D eigenvalue weighted by Crippen LogP contribution is 2.25. The number of hydrogen-bond acceptors (Lipinski definition) is 3. The number of carbonyl (C=O) groups excluding carboxylic acids is 1. The van der Waals surface area contributed by atoms with E-state index in [9.17, 15) is 13.2 Å². The van der Waals surface area contributed by atoms with Crippen molar-refractivity contribution in [2.24, 2.45) is 0 Å². The molecule has 2 rings (SSSR count). The third-order valence-corrected chi connectivity index (χ3v) is 5.68. The fourth-order valence-corrected chi connectivity index (χ4v) is 4.45. The Hall–Kier alpha value is -1.53. The summed E-state index contributed by atoms with van der Waals surface area (Å²) < 4.78 is 25.8. The normalized spacial score (nSPS) is 16.0. The van der Waals surface area contributed by atoms with Crippen LogP contribution in [-0.2, 0) is 14.8 Å². The molecule has 0 heterocycles. The zero-order valence-electron chi connectivity index (χ0n) is 14.7. The van der Waals surface area contributed by atoms with Crippen LogP contribution in [0.3, 0.4) is 0 Å². The van der Waals surface area contributed by atoms with Crippen molar-refractivity contribution in [1.29, 1.82) is 0 Å². The van der Waals surface area contributed by atoms with E-state index in [2.05, 4.69) is 11.4 Å². The number of nitrogens with zero attached hydrogens (tertiary/aromatic N) is 1. The van der Waals surface area contributed by atoms with Crippen LogP contribution in [0.15, 0.2) is 35.9 Å². The number of amides is 1. The van der Waals surface area contributed by atoms with Gasteiger partial charge in [0, 0.05) is 11.6 Å². The Balaban J connectivity index is 2.21. The highest BCUT2D eigenvalue weighted by molar-refractivity contribution is 7.92. The standard InChI is InChI=1S/C18H25ClN2O3S/c1-3-17(18(22)20-13-14-8-5-4-6-9-14)21(25(2,23)24)16-11-7-10-15(19)12-16/h7-8,10-12,17H,3-6,9,13H2,1-2H3,(H,20,22)/t17-/m0/s1. The number of anilines is 1. The highest BCUT2D eigenvalue weighted by atomic mass is 35.5. The van der Waals surface area contributed by atoms with Gasteiger partial charge in [0.25, 0.3) is 0 Å². The third kappa shape index (κ3) is 5.47. The SMILES string of the molecule is CC[C@@H](C(=O)NCC1=CCCCC1)N(c1cccc(Cl)c1)S(C)(=O)=O. The number of hydrogen-bond donors (Lipinski definition) is 1. The topological polar surface area (TPSA) is 66.5 Å². The van der Waals surface area contributed by atoms with Crippen LogP contribution in [0.25, 0.3) is 0 Å². The maximum atomic E-state index is 12.7. The first-order valence-corrected chi connectivity index (χ1v) is 10.8. The molecule has 5 nitrogen and oxygen atoms in total. The largest absolute Gasteiger partial charge is 0.351 e. The Bertz CT molecular complexity index is 746. The van der Waals surface area contributed by atoms with Crippen molar-refractivity contribution in [2.45, 2.75) is 45.1 Å². The van der Waals surface area contributed by atoms with Gasteiger partial charge in [-0.2, -0.15) is 0 Å². The molecule has 138 valence electrons. The minimum absolute atomic E-state index is 0.292. The lowest BCUT2D eigenvalue weighted by atomic mass is 9.99. The molecule has 0 aromatic heterocycles. The first-order valence-electron chi connectivity index (χ1n) is 8.53. The number of carbonyl (C=O) groups is 1. The van der Waals surface area contributed by atoms with Gasteiger partial charge in [0.05, 0.1) is 11.9 Å². The van der Waals surface area contributed by atoms with E-state index >= 15 is 0 Å². The zero-order valence-corrected chi connectivity index (χ0v) is 16.2. The van der Waals surface area contributed by atoms with E-state index < -0.39 is 16.1 Å². The van der Waals surface area contributed by atoms with Crippen molar-refractivity contribution in [3.8, 4) is 0 Å². The summed E-state index contributed by atoms with van der Waals surface area (Å²) in [4.78, 5) is 12.7. The molecule has 7 heteroatoms. The number of rotatable bonds is 7. The quantitative estimate of drug-likeness (QED) is 0.731. The third-order valence-electron chi connectivity index (χ3n) is 4.27. The molecule has 25 heavy (non-hydrogen) atoms. The fraction of sp³-hybridized carbons (Fsp3) is 0.500. The van der Waals surface area contributed by atoms with Crippen LogP contribution in [-0.4, -0.2) is 33.2 Å². The molecule has 1 atom stereocenters. The zero-order chi connectivity index (χ0) is 18.4. The number of allylic oxidation sites excluding steroid dienone is 1. The van der Waals surface area contributed by atoms with E-state index in [0.717, 1.165) is 29.8 Å². The fourth-order valence-electron chi connectivity index (χ4n) is 3.06. The van der Waals surface area contributed by atoms with Crippen molar-refractivity contribution in [3.05, 3.63) is 40.9 Å². The average Bonchev–Trinajstić information content (AvgIpc) is 2.57.